The van der Waals surface area contributed by atoms with Gasteiger partial charge in [-0.15, -0.1) is 0 Å². The molecule has 0 aliphatic carbocycles. The number of rotatable bonds is 0. The van der Waals surface area contributed by atoms with Crippen molar-refractivity contribution in [3.63, 3.8) is 0 Å². The summed E-state index contributed by atoms with van der Waals surface area (Å²) >= 11 is -1.15. The van der Waals surface area contributed by atoms with Crippen LogP contribution < -0.4 is 0 Å². The van der Waals surface area contributed by atoms with Crippen molar-refractivity contribution >= 4 is 26.2 Å². The molecule has 2 N–H and O–H groups in total. The molecule has 0 fully saturated rings. The van der Waals surface area contributed by atoms with E-state index >= 15 is 0 Å². The first kappa shape index (κ1) is 5.54. The molecule has 0 bridgehead atoms. The molecule has 0 spiro atoms. The summed E-state index contributed by atoms with van der Waals surface area (Å²) in [7, 11) is 0. The Balaban J connectivity index is 2.77. The van der Waals surface area contributed by atoms with Gasteiger partial charge in [0.05, 0.1) is 0 Å². The predicted molar refractivity (Wildman–Crippen MR) is 28.1 cm³/mol. The van der Waals surface area contributed by atoms with Crippen molar-refractivity contribution in [1.29, 1.82) is 0 Å². The van der Waals surface area contributed by atoms with Crippen LogP contribution in [0.25, 0.3) is 0 Å². The fraction of sp³-hybridized carbons (Fsp3) is 0.250. The van der Waals surface area contributed by atoms with Crippen LogP contribution in [-0.2, 0) is 0 Å². The molecule has 0 saturated heterocycles. The second-order valence-corrected chi connectivity index (χ2v) is 5.98. The van der Waals surface area contributed by atoms with Crippen molar-refractivity contribution in [3.05, 3.63) is 12.2 Å². The molecule has 1 aliphatic rings. The van der Waals surface area contributed by atoms with E-state index in [2.05, 4.69) is 0 Å². The fourth-order valence-corrected chi connectivity index (χ4v) is 2.53. The van der Waals surface area contributed by atoms with Gasteiger partial charge in [-0.1, -0.05) is 0 Å². The normalized spacial score (nSPS) is 22.6. The van der Waals surface area contributed by atoms with Crippen molar-refractivity contribution in [2.45, 2.75) is 3.54 Å². The Morgan fingerprint density at radius 2 is 2.14 bits per heavy atom. The summed E-state index contributed by atoms with van der Waals surface area (Å²) in [6, 6.07) is 0. The Bertz CT molecular complexity index is 112. The van der Waals surface area contributed by atoms with Crippen molar-refractivity contribution in [3.8, 4) is 0 Å². The maximum absolute atomic E-state index is 8.72. The molecule has 1 heterocycles. The molecule has 0 aromatic rings. The van der Waals surface area contributed by atoms with E-state index < -0.39 is 26.0 Å². The molecule has 2 nitrogen and oxygen atoms in total. The Labute approximate surface area is 52.3 Å². The van der Waals surface area contributed by atoms with Crippen LogP contribution in [0.3, 0.4) is 0 Å². The van der Waals surface area contributed by atoms with Gasteiger partial charge >= 0.3 is 52.1 Å². The Morgan fingerprint density at radius 3 is 2.29 bits per heavy atom. The van der Waals surface area contributed by atoms with E-state index in [1.807, 2.05) is 3.76 Å². The zero-order chi connectivity index (χ0) is 5.33. The third-order valence-electron chi connectivity index (χ3n) is 0.794. The molecule has 0 aromatic carbocycles. The van der Waals surface area contributed by atoms with E-state index in [0.29, 0.717) is 0 Å². The number of aliphatic hydroxyl groups is 2. The van der Waals surface area contributed by atoms with E-state index in [1.54, 1.807) is 6.08 Å². The molecular formula is C4H5InO2. The summed E-state index contributed by atoms with van der Waals surface area (Å²) in [6.45, 7) is 0. The number of allylic oxidation sites excluding steroid dienone is 1. The number of hydrogen-bond donors (Lipinski definition) is 2. The summed E-state index contributed by atoms with van der Waals surface area (Å²) in [5.74, 6) is 0. The van der Waals surface area contributed by atoms with E-state index in [-0.39, 0.29) is 0 Å². The quantitative estimate of drug-likeness (QED) is 0.477. The molecule has 3 heteroatoms. The van der Waals surface area contributed by atoms with E-state index in [9.17, 15) is 0 Å². The van der Waals surface area contributed by atoms with Gasteiger partial charge in [0.2, 0.25) is 0 Å². The average Bonchev–Trinajstić information content (AvgIpc) is 1.84. The zero-order valence-corrected chi connectivity index (χ0v) is 7.00. The molecule has 0 radical (unpaired) electrons. The van der Waals surface area contributed by atoms with Crippen molar-refractivity contribution in [1.82, 2.24) is 0 Å². The minimum atomic E-state index is -1.35. The predicted octanol–water partition coefficient (Wildman–Crippen LogP) is -1.30. The van der Waals surface area contributed by atoms with Crippen LogP contribution in [0.4, 0.5) is 0 Å². The number of hydrogen-bond acceptors (Lipinski definition) is 2. The zero-order valence-electron chi connectivity index (χ0n) is 3.70. The van der Waals surface area contributed by atoms with E-state index in [4.69, 9.17) is 10.2 Å². The van der Waals surface area contributed by atoms with Crippen LogP contribution in [0.2, 0.25) is 0 Å². The third kappa shape index (κ3) is 1.40. The summed E-state index contributed by atoms with van der Waals surface area (Å²) in [4.78, 5) is 0. The summed E-state index contributed by atoms with van der Waals surface area (Å²) in [6.07, 6.45) is 3.16. The van der Waals surface area contributed by atoms with E-state index in [1.165, 1.54) is 6.08 Å². The van der Waals surface area contributed by atoms with Crippen LogP contribution in [0.1, 0.15) is 0 Å². The molecule has 0 amide bonds. The van der Waals surface area contributed by atoms with Crippen LogP contribution in [0.15, 0.2) is 12.2 Å². The molecule has 1 rings (SSSR count). The van der Waals surface area contributed by atoms with Gasteiger partial charge in [0.25, 0.3) is 0 Å². The van der Waals surface area contributed by atoms with Crippen LogP contribution >= 0.6 is 0 Å². The SMILES string of the molecule is O[C]1(O)C=C[CH]=[In]1. The Morgan fingerprint density at radius 1 is 1.43 bits per heavy atom. The molecule has 36 valence electrons. The van der Waals surface area contributed by atoms with E-state index in [0.717, 1.165) is 0 Å². The van der Waals surface area contributed by atoms with Gasteiger partial charge in [-0.25, -0.2) is 0 Å². The van der Waals surface area contributed by atoms with Gasteiger partial charge in [-0.2, -0.15) is 0 Å². The molecule has 0 aromatic heterocycles. The first-order valence-corrected chi connectivity index (χ1v) is 5.58. The standard InChI is InChI=1S/C4H5O2.In/c1-2-3-4(5)6;/h1-3,5-6H;. The Kier molecular flexibility index (Phi) is 1.36. The second kappa shape index (κ2) is 1.73. The van der Waals surface area contributed by atoms with Crippen molar-refractivity contribution < 1.29 is 10.2 Å². The Hall–Kier alpha value is 0.400. The monoisotopic (exact) mass is 200 g/mol. The summed E-state index contributed by atoms with van der Waals surface area (Å²) < 4.78 is 0.547. The van der Waals surface area contributed by atoms with Crippen LogP contribution in [-0.4, -0.2) is 39.9 Å². The molecule has 0 unspecified atom stereocenters. The second-order valence-electron chi connectivity index (χ2n) is 1.50. The van der Waals surface area contributed by atoms with Crippen molar-refractivity contribution in [2.75, 3.05) is 0 Å². The minimum absolute atomic E-state index is 1.15. The van der Waals surface area contributed by atoms with Crippen molar-refractivity contribution in [2.24, 2.45) is 0 Å². The topological polar surface area (TPSA) is 40.5 Å². The summed E-state index contributed by atoms with van der Waals surface area (Å²) in [5.41, 5.74) is 0. The van der Waals surface area contributed by atoms with Crippen LogP contribution in [0.5, 0.6) is 0 Å². The fourth-order valence-electron chi connectivity index (χ4n) is 0.450. The van der Waals surface area contributed by atoms with Gasteiger partial charge in [0.15, 0.2) is 0 Å². The van der Waals surface area contributed by atoms with Gasteiger partial charge < -0.3 is 0 Å². The average molecular weight is 200 g/mol. The van der Waals surface area contributed by atoms with Gasteiger partial charge in [-0.05, 0) is 0 Å². The maximum atomic E-state index is 8.72. The first-order chi connectivity index (χ1) is 3.21. The molecule has 0 saturated carbocycles. The van der Waals surface area contributed by atoms with Gasteiger partial charge in [-0.3, -0.25) is 0 Å². The molecule has 0 atom stereocenters. The van der Waals surface area contributed by atoms with Crippen LogP contribution in [0, 0.1) is 0 Å². The third-order valence-corrected chi connectivity index (χ3v) is 3.93. The van der Waals surface area contributed by atoms with Gasteiger partial charge in [0, 0.05) is 0 Å². The summed E-state index contributed by atoms with van der Waals surface area (Å²) in [5, 5.41) is 17.4. The van der Waals surface area contributed by atoms with Gasteiger partial charge in [0.1, 0.15) is 0 Å². The molecular weight excluding hydrogens is 195 g/mol. The molecule has 7 heavy (non-hydrogen) atoms. The first-order valence-electron chi connectivity index (χ1n) is 2.02. The molecule has 1 aliphatic heterocycles.